The standard InChI is InChI=1S/C13H18N2O2/c1-10-14-12-4-3-11(9-13(12)17-10)5-6-15(2)7-8-16/h3-4,9,16H,5-8H2,1-2H3. The molecule has 92 valence electrons. The third-order valence-electron chi connectivity index (χ3n) is 2.82. The van der Waals surface area contributed by atoms with Crippen LogP contribution in [0.2, 0.25) is 0 Å². The molecule has 1 aromatic heterocycles. The number of aliphatic hydroxyl groups is 1. The van der Waals surface area contributed by atoms with Gasteiger partial charge in [0.05, 0.1) is 6.61 Å². The average molecular weight is 234 g/mol. The molecular formula is C13H18N2O2. The van der Waals surface area contributed by atoms with Crippen molar-refractivity contribution in [2.24, 2.45) is 0 Å². The molecule has 0 aliphatic rings. The smallest absolute Gasteiger partial charge is 0.192 e. The molecule has 0 atom stereocenters. The number of hydrogen-bond acceptors (Lipinski definition) is 4. The highest BCUT2D eigenvalue weighted by atomic mass is 16.3. The molecule has 4 nitrogen and oxygen atoms in total. The molecule has 0 radical (unpaired) electrons. The minimum absolute atomic E-state index is 0.205. The van der Waals surface area contributed by atoms with Gasteiger partial charge in [0.1, 0.15) is 5.52 Å². The first-order valence-electron chi connectivity index (χ1n) is 5.84. The van der Waals surface area contributed by atoms with Gasteiger partial charge in [0.15, 0.2) is 11.5 Å². The molecule has 2 aromatic rings. The second kappa shape index (κ2) is 5.29. The fourth-order valence-corrected chi connectivity index (χ4v) is 1.84. The Hall–Kier alpha value is -1.39. The van der Waals surface area contributed by atoms with Crippen LogP contribution in [0.1, 0.15) is 11.5 Å². The Bertz CT molecular complexity index is 493. The molecular weight excluding hydrogens is 216 g/mol. The molecule has 0 aliphatic carbocycles. The van der Waals surface area contributed by atoms with Crippen LogP contribution in [0.25, 0.3) is 11.1 Å². The van der Waals surface area contributed by atoms with Crippen LogP contribution < -0.4 is 0 Å². The summed E-state index contributed by atoms with van der Waals surface area (Å²) in [6, 6.07) is 6.12. The summed E-state index contributed by atoms with van der Waals surface area (Å²) in [6.45, 7) is 3.70. The van der Waals surface area contributed by atoms with Crippen molar-refractivity contribution in [2.45, 2.75) is 13.3 Å². The lowest BCUT2D eigenvalue weighted by Crippen LogP contribution is -2.24. The molecule has 0 unspecified atom stereocenters. The first-order valence-corrected chi connectivity index (χ1v) is 5.84. The van der Waals surface area contributed by atoms with Crippen molar-refractivity contribution in [3.8, 4) is 0 Å². The fraction of sp³-hybridized carbons (Fsp3) is 0.462. The number of rotatable bonds is 5. The Morgan fingerprint density at radius 3 is 2.94 bits per heavy atom. The van der Waals surface area contributed by atoms with Crippen LogP contribution in [0.3, 0.4) is 0 Å². The number of aliphatic hydroxyl groups excluding tert-OH is 1. The molecule has 2 rings (SSSR count). The van der Waals surface area contributed by atoms with Gasteiger partial charge in [-0.1, -0.05) is 6.07 Å². The van der Waals surface area contributed by atoms with Crippen molar-refractivity contribution in [2.75, 3.05) is 26.7 Å². The Morgan fingerprint density at radius 1 is 1.35 bits per heavy atom. The quantitative estimate of drug-likeness (QED) is 0.853. The van der Waals surface area contributed by atoms with E-state index >= 15 is 0 Å². The van der Waals surface area contributed by atoms with Crippen LogP contribution in [-0.4, -0.2) is 41.7 Å². The van der Waals surface area contributed by atoms with Crippen molar-refractivity contribution in [3.05, 3.63) is 29.7 Å². The van der Waals surface area contributed by atoms with Crippen LogP contribution in [0.4, 0.5) is 0 Å². The number of nitrogens with zero attached hydrogens (tertiary/aromatic N) is 2. The lowest BCUT2D eigenvalue weighted by molar-refractivity contribution is 0.223. The summed E-state index contributed by atoms with van der Waals surface area (Å²) in [4.78, 5) is 6.38. The number of oxazole rings is 1. The van der Waals surface area contributed by atoms with Gasteiger partial charge in [-0.3, -0.25) is 0 Å². The van der Waals surface area contributed by atoms with E-state index in [4.69, 9.17) is 9.52 Å². The van der Waals surface area contributed by atoms with Crippen molar-refractivity contribution in [1.82, 2.24) is 9.88 Å². The van der Waals surface area contributed by atoms with E-state index in [1.807, 2.05) is 26.1 Å². The molecule has 1 heterocycles. The zero-order chi connectivity index (χ0) is 12.3. The van der Waals surface area contributed by atoms with Crippen molar-refractivity contribution >= 4 is 11.1 Å². The molecule has 1 aromatic carbocycles. The zero-order valence-electron chi connectivity index (χ0n) is 10.3. The normalized spacial score (nSPS) is 11.5. The molecule has 4 heteroatoms. The maximum Gasteiger partial charge on any atom is 0.192 e. The predicted octanol–water partition coefficient (Wildman–Crippen LogP) is 1.60. The van der Waals surface area contributed by atoms with Gasteiger partial charge >= 0.3 is 0 Å². The van der Waals surface area contributed by atoms with Crippen LogP contribution in [0.15, 0.2) is 22.6 Å². The van der Waals surface area contributed by atoms with Gasteiger partial charge in [-0.15, -0.1) is 0 Å². The fourth-order valence-electron chi connectivity index (χ4n) is 1.84. The Labute approximate surface area is 101 Å². The monoisotopic (exact) mass is 234 g/mol. The maximum absolute atomic E-state index is 8.81. The number of likely N-dealkylation sites (N-methyl/N-ethyl adjacent to an activating group) is 1. The van der Waals surface area contributed by atoms with Gasteiger partial charge in [-0.2, -0.15) is 0 Å². The van der Waals surface area contributed by atoms with E-state index < -0.39 is 0 Å². The molecule has 0 saturated carbocycles. The SMILES string of the molecule is Cc1nc2ccc(CCN(C)CCO)cc2o1. The van der Waals surface area contributed by atoms with Crippen LogP contribution in [-0.2, 0) is 6.42 Å². The third kappa shape index (κ3) is 3.05. The van der Waals surface area contributed by atoms with Crippen LogP contribution in [0, 0.1) is 6.92 Å². The summed E-state index contributed by atoms with van der Waals surface area (Å²) in [6.07, 6.45) is 0.951. The first kappa shape index (κ1) is 12.1. The van der Waals surface area contributed by atoms with E-state index in [0.29, 0.717) is 12.4 Å². The molecule has 17 heavy (non-hydrogen) atoms. The number of benzene rings is 1. The summed E-state index contributed by atoms with van der Waals surface area (Å²) in [5.41, 5.74) is 3.00. The number of aryl methyl sites for hydroxylation is 1. The summed E-state index contributed by atoms with van der Waals surface area (Å²) in [7, 11) is 2.01. The average Bonchev–Trinajstić information content (AvgIpc) is 2.66. The molecule has 0 fully saturated rings. The first-order chi connectivity index (χ1) is 8.19. The highest BCUT2D eigenvalue weighted by Gasteiger charge is 2.04. The van der Waals surface area contributed by atoms with E-state index in [9.17, 15) is 0 Å². The molecule has 0 aliphatic heterocycles. The van der Waals surface area contributed by atoms with E-state index in [1.165, 1.54) is 5.56 Å². The predicted molar refractivity (Wildman–Crippen MR) is 67.0 cm³/mol. The maximum atomic E-state index is 8.81. The topological polar surface area (TPSA) is 49.5 Å². The second-order valence-electron chi connectivity index (χ2n) is 4.31. The molecule has 0 amide bonds. The number of hydrogen-bond donors (Lipinski definition) is 1. The second-order valence-corrected chi connectivity index (χ2v) is 4.31. The zero-order valence-corrected chi connectivity index (χ0v) is 10.3. The molecule has 0 bridgehead atoms. The third-order valence-corrected chi connectivity index (χ3v) is 2.82. The highest BCUT2D eigenvalue weighted by molar-refractivity contribution is 5.73. The Morgan fingerprint density at radius 2 is 2.18 bits per heavy atom. The van der Waals surface area contributed by atoms with Gasteiger partial charge in [0.25, 0.3) is 0 Å². The Kier molecular flexibility index (Phi) is 3.76. The lowest BCUT2D eigenvalue weighted by atomic mass is 10.1. The van der Waals surface area contributed by atoms with Crippen molar-refractivity contribution in [3.63, 3.8) is 0 Å². The van der Waals surface area contributed by atoms with E-state index in [2.05, 4.69) is 16.0 Å². The summed E-state index contributed by atoms with van der Waals surface area (Å²) >= 11 is 0. The summed E-state index contributed by atoms with van der Waals surface area (Å²) < 4.78 is 5.50. The van der Waals surface area contributed by atoms with Gasteiger partial charge in [-0.05, 0) is 31.2 Å². The molecule has 0 spiro atoms. The van der Waals surface area contributed by atoms with Crippen LogP contribution in [0.5, 0.6) is 0 Å². The lowest BCUT2D eigenvalue weighted by Gasteiger charge is -2.14. The van der Waals surface area contributed by atoms with E-state index in [0.717, 1.165) is 24.1 Å². The minimum atomic E-state index is 0.205. The summed E-state index contributed by atoms with van der Waals surface area (Å²) in [5, 5.41) is 8.81. The van der Waals surface area contributed by atoms with E-state index in [-0.39, 0.29) is 6.61 Å². The number of fused-ring (bicyclic) bond motifs is 1. The Balaban J connectivity index is 2.03. The summed E-state index contributed by atoms with van der Waals surface area (Å²) in [5.74, 6) is 0.703. The van der Waals surface area contributed by atoms with Gasteiger partial charge in [0.2, 0.25) is 0 Å². The van der Waals surface area contributed by atoms with Crippen LogP contribution >= 0.6 is 0 Å². The minimum Gasteiger partial charge on any atom is -0.441 e. The largest absolute Gasteiger partial charge is 0.441 e. The van der Waals surface area contributed by atoms with Crippen molar-refractivity contribution < 1.29 is 9.52 Å². The molecule has 0 saturated heterocycles. The number of aromatic nitrogens is 1. The highest BCUT2D eigenvalue weighted by Crippen LogP contribution is 2.17. The van der Waals surface area contributed by atoms with Gasteiger partial charge < -0.3 is 14.4 Å². The van der Waals surface area contributed by atoms with Crippen molar-refractivity contribution in [1.29, 1.82) is 0 Å². The van der Waals surface area contributed by atoms with Gasteiger partial charge in [-0.25, -0.2) is 4.98 Å². The van der Waals surface area contributed by atoms with E-state index in [1.54, 1.807) is 0 Å². The van der Waals surface area contributed by atoms with Gasteiger partial charge in [0, 0.05) is 20.0 Å². The molecule has 1 N–H and O–H groups in total.